The van der Waals surface area contributed by atoms with E-state index in [0.717, 1.165) is 10.1 Å². The summed E-state index contributed by atoms with van der Waals surface area (Å²) in [6.45, 7) is 4.14. The summed E-state index contributed by atoms with van der Waals surface area (Å²) in [4.78, 5) is 4.30. The minimum absolute atomic E-state index is 0.918. The highest BCUT2D eigenvalue weighted by atomic mass is 79.9. The van der Waals surface area contributed by atoms with Gasteiger partial charge in [0.1, 0.15) is 5.65 Å². The molecular weight excluding hydrogens is 248 g/mol. The normalized spacial score (nSPS) is 11.1. The van der Waals surface area contributed by atoms with E-state index in [2.05, 4.69) is 47.6 Å². The second-order valence-electron chi connectivity index (χ2n) is 3.09. The Morgan fingerprint density at radius 2 is 2.15 bits per heavy atom. The van der Waals surface area contributed by atoms with Crippen LogP contribution in [0.3, 0.4) is 0 Å². The van der Waals surface area contributed by atoms with E-state index in [1.807, 2.05) is 12.4 Å². The molecule has 13 heavy (non-hydrogen) atoms. The molecule has 68 valence electrons. The molecule has 0 bridgehead atoms. The summed E-state index contributed by atoms with van der Waals surface area (Å²) in [5, 5.41) is 1.18. The van der Waals surface area contributed by atoms with E-state index in [9.17, 15) is 0 Å². The number of rotatable bonds is 0. The molecule has 0 aromatic carbocycles. The lowest BCUT2D eigenvalue weighted by Crippen LogP contribution is -1.85. The van der Waals surface area contributed by atoms with Crippen LogP contribution < -0.4 is 0 Å². The molecule has 0 unspecified atom stereocenters. The fraction of sp³-hybridized carbons (Fsp3) is 0.222. The number of pyridine rings is 1. The zero-order valence-electron chi connectivity index (χ0n) is 7.37. The van der Waals surface area contributed by atoms with Gasteiger partial charge in [-0.2, -0.15) is 0 Å². The maximum absolute atomic E-state index is 4.30. The fourth-order valence-electron chi connectivity index (χ4n) is 1.52. The van der Waals surface area contributed by atoms with Gasteiger partial charge in [-0.25, -0.2) is 4.98 Å². The third-order valence-electron chi connectivity index (χ3n) is 2.18. The number of halogens is 1. The molecule has 4 heteroatoms. The van der Waals surface area contributed by atoms with Crippen LogP contribution in [0.5, 0.6) is 0 Å². The van der Waals surface area contributed by atoms with Crippen LogP contribution in [0.15, 0.2) is 16.9 Å². The van der Waals surface area contributed by atoms with Gasteiger partial charge in [0.05, 0.1) is 0 Å². The molecule has 0 saturated carbocycles. The van der Waals surface area contributed by atoms with Crippen LogP contribution in [0.1, 0.15) is 11.1 Å². The lowest BCUT2D eigenvalue weighted by Gasteiger charge is -2.00. The molecule has 0 fully saturated rings. The van der Waals surface area contributed by atoms with E-state index in [-0.39, 0.29) is 0 Å². The van der Waals surface area contributed by atoms with Crippen LogP contribution in [0.2, 0.25) is 0 Å². The first-order chi connectivity index (χ1) is 6.11. The van der Waals surface area contributed by atoms with Crippen molar-refractivity contribution in [1.82, 2.24) is 8.96 Å². The predicted molar refractivity (Wildman–Crippen MR) is 61.3 cm³/mol. The summed E-state index contributed by atoms with van der Waals surface area (Å²) in [6, 6.07) is 0. The van der Waals surface area contributed by atoms with E-state index in [1.54, 1.807) is 3.97 Å². The fourth-order valence-corrected chi connectivity index (χ4v) is 2.15. The quantitative estimate of drug-likeness (QED) is 0.718. The van der Waals surface area contributed by atoms with Gasteiger partial charge >= 0.3 is 0 Å². The van der Waals surface area contributed by atoms with Crippen LogP contribution in [0, 0.1) is 13.8 Å². The standard InChI is InChI=1S/C9H9BrN2S/c1-5-4-12(13)9-8(5)6(2)7(10)3-11-9/h3-4,13H,1-2H3. The number of aromatic nitrogens is 2. The predicted octanol–water partition coefficient (Wildman–Crippen LogP) is 3.11. The van der Waals surface area contributed by atoms with Crippen LogP contribution in [0.25, 0.3) is 11.0 Å². The van der Waals surface area contributed by atoms with Gasteiger partial charge in [0.15, 0.2) is 0 Å². The SMILES string of the molecule is Cc1cn(S)c2ncc(Br)c(C)c12. The molecule has 0 aliphatic heterocycles. The van der Waals surface area contributed by atoms with E-state index in [4.69, 9.17) is 0 Å². The Morgan fingerprint density at radius 1 is 1.46 bits per heavy atom. The topological polar surface area (TPSA) is 17.8 Å². The van der Waals surface area contributed by atoms with Crippen molar-refractivity contribution < 1.29 is 0 Å². The molecule has 2 heterocycles. The zero-order chi connectivity index (χ0) is 9.59. The Kier molecular flexibility index (Phi) is 2.12. The van der Waals surface area contributed by atoms with E-state index in [1.165, 1.54) is 16.5 Å². The van der Waals surface area contributed by atoms with Gasteiger partial charge in [-0.05, 0) is 40.9 Å². The highest BCUT2D eigenvalue weighted by molar-refractivity contribution is 9.10. The van der Waals surface area contributed by atoms with Gasteiger partial charge in [0.2, 0.25) is 0 Å². The Balaban J connectivity index is 2.98. The molecule has 0 aliphatic carbocycles. The maximum Gasteiger partial charge on any atom is 0.150 e. The average molecular weight is 257 g/mol. The Labute approximate surface area is 90.6 Å². The average Bonchev–Trinajstić information content (AvgIpc) is 2.35. The number of nitrogens with zero attached hydrogens (tertiary/aromatic N) is 2. The molecule has 2 aromatic rings. The van der Waals surface area contributed by atoms with Gasteiger partial charge in [-0.1, -0.05) is 12.8 Å². The van der Waals surface area contributed by atoms with Crippen molar-refractivity contribution in [3.05, 3.63) is 28.0 Å². The Morgan fingerprint density at radius 3 is 2.85 bits per heavy atom. The molecular formula is C9H9BrN2S. The van der Waals surface area contributed by atoms with Crippen LogP contribution in [-0.4, -0.2) is 8.96 Å². The number of aryl methyl sites for hydroxylation is 2. The van der Waals surface area contributed by atoms with Gasteiger partial charge in [-0.3, -0.25) is 3.97 Å². The number of hydrogen-bond donors (Lipinski definition) is 1. The largest absolute Gasteiger partial charge is 0.278 e. The van der Waals surface area contributed by atoms with Gasteiger partial charge in [0.25, 0.3) is 0 Å². The molecule has 0 aliphatic rings. The third kappa shape index (κ3) is 1.28. The summed E-state index contributed by atoms with van der Waals surface area (Å²) in [7, 11) is 0. The summed E-state index contributed by atoms with van der Waals surface area (Å²) < 4.78 is 2.80. The van der Waals surface area contributed by atoms with Crippen molar-refractivity contribution in [1.29, 1.82) is 0 Å². The monoisotopic (exact) mass is 256 g/mol. The van der Waals surface area contributed by atoms with Crippen molar-refractivity contribution in [2.45, 2.75) is 13.8 Å². The minimum Gasteiger partial charge on any atom is -0.278 e. The molecule has 0 spiro atoms. The highest BCUT2D eigenvalue weighted by Crippen LogP contribution is 2.27. The van der Waals surface area contributed by atoms with E-state index in [0.29, 0.717) is 0 Å². The lowest BCUT2D eigenvalue weighted by molar-refractivity contribution is 1.25. The van der Waals surface area contributed by atoms with Crippen molar-refractivity contribution in [2.75, 3.05) is 0 Å². The Hall–Kier alpha value is -0.480. The number of thiol groups is 1. The Bertz CT molecular complexity index is 476. The molecule has 2 rings (SSSR count). The zero-order valence-corrected chi connectivity index (χ0v) is 9.85. The van der Waals surface area contributed by atoms with Crippen LogP contribution in [-0.2, 0) is 0 Å². The second-order valence-corrected chi connectivity index (χ2v) is 4.37. The maximum atomic E-state index is 4.30. The first kappa shape index (κ1) is 9.09. The summed E-state index contributed by atoms with van der Waals surface area (Å²) in [6.07, 6.45) is 3.78. The van der Waals surface area contributed by atoms with Crippen molar-refractivity contribution in [3.8, 4) is 0 Å². The summed E-state index contributed by atoms with van der Waals surface area (Å²) >= 11 is 7.75. The smallest absolute Gasteiger partial charge is 0.150 e. The van der Waals surface area contributed by atoms with Crippen molar-refractivity contribution >= 4 is 39.8 Å². The molecule has 0 saturated heterocycles. The van der Waals surface area contributed by atoms with Gasteiger partial charge in [-0.15, -0.1) is 0 Å². The van der Waals surface area contributed by atoms with Crippen molar-refractivity contribution in [2.24, 2.45) is 0 Å². The molecule has 0 atom stereocenters. The first-order valence-corrected chi connectivity index (χ1v) is 5.12. The summed E-state index contributed by atoms with van der Waals surface area (Å²) in [5.74, 6) is 0. The molecule has 2 aromatic heterocycles. The van der Waals surface area contributed by atoms with E-state index < -0.39 is 0 Å². The minimum atomic E-state index is 0.918. The number of fused-ring (bicyclic) bond motifs is 1. The molecule has 0 N–H and O–H groups in total. The van der Waals surface area contributed by atoms with Gasteiger partial charge < -0.3 is 0 Å². The highest BCUT2D eigenvalue weighted by Gasteiger charge is 2.09. The summed E-state index contributed by atoms with van der Waals surface area (Å²) in [5.41, 5.74) is 3.34. The van der Waals surface area contributed by atoms with E-state index >= 15 is 0 Å². The third-order valence-corrected chi connectivity index (χ3v) is 3.29. The second kappa shape index (κ2) is 3.03. The lowest BCUT2D eigenvalue weighted by atomic mass is 10.1. The van der Waals surface area contributed by atoms with Crippen LogP contribution >= 0.6 is 28.7 Å². The van der Waals surface area contributed by atoms with Crippen molar-refractivity contribution in [3.63, 3.8) is 0 Å². The van der Waals surface area contributed by atoms with Gasteiger partial charge in [0, 0.05) is 22.3 Å². The molecule has 0 radical (unpaired) electrons. The molecule has 2 nitrogen and oxygen atoms in total. The first-order valence-electron chi connectivity index (χ1n) is 3.93. The van der Waals surface area contributed by atoms with Crippen LogP contribution in [0.4, 0.5) is 0 Å². The molecule has 0 amide bonds. The number of hydrogen-bond acceptors (Lipinski definition) is 2.